The van der Waals surface area contributed by atoms with E-state index in [-0.39, 0.29) is 5.41 Å². The number of alkyl halides is 1. The van der Waals surface area contributed by atoms with Crippen LogP contribution < -0.4 is 0 Å². The SMILES string of the molecule is COCCn1ncc(Cl)c1C(C)(C)CC(C)Br. The highest BCUT2D eigenvalue weighted by Crippen LogP contribution is 2.34. The Morgan fingerprint density at radius 2 is 2.24 bits per heavy atom. The van der Waals surface area contributed by atoms with Crippen LogP contribution in [0.4, 0.5) is 0 Å². The topological polar surface area (TPSA) is 27.1 Å². The van der Waals surface area contributed by atoms with Crippen LogP contribution in [0.15, 0.2) is 6.20 Å². The third-order valence-corrected chi connectivity index (χ3v) is 3.33. The largest absolute Gasteiger partial charge is 0.383 e. The Labute approximate surface area is 117 Å². The molecule has 1 aromatic rings. The molecule has 0 fully saturated rings. The van der Waals surface area contributed by atoms with Gasteiger partial charge in [0.05, 0.1) is 30.1 Å². The molecule has 0 bridgehead atoms. The van der Waals surface area contributed by atoms with Gasteiger partial charge < -0.3 is 4.74 Å². The van der Waals surface area contributed by atoms with Gasteiger partial charge in [0.25, 0.3) is 0 Å². The lowest BCUT2D eigenvalue weighted by atomic mass is 9.84. The van der Waals surface area contributed by atoms with E-state index in [0.717, 1.165) is 23.7 Å². The van der Waals surface area contributed by atoms with E-state index in [4.69, 9.17) is 16.3 Å². The molecule has 1 atom stereocenters. The van der Waals surface area contributed by atoms with Crippen LogP contribution in [-0.2, 0) is 16.7 Å². The molecule has 3 nitrogen and oxygen atoms in total. The molecule has 0 saturated carbocycles. The molecule has 1 rings (SSSR count). The number of nitrogens with zero attached hydrogens (tertiary/aromatic N) is 2. The second-order valence-corrected chi connectivity index (χ2v) is 6.90. The average molecular weight is 324 g/mol. The first kappa shape index (κ1) is 15.0. The van der Waals surface area contributed by atoms with Gasteiger partial charge in [0.2, 0.25) is 0 Å². The van der Waals surface area contributed by atoms with E-state index in [1.807, 2.05) is 4.68 Å². The minimum atomic E-state index is -0.00968. The molecule has 17 heavy (non-hydrogen) atoms. The zero-order valence-corrected chi connectivity index (χ0v) is 13.2. The van der Waals surface area contributed by atoms with Gasteiger partial charge in [-0.3, -0.25) is 4.68 Å². The van der Waals surface area contributed by atoms with Crippen molar-refractivity contribution in [3.63, 3.8) is 0 Å². The van der Waals surface area contributed by atoms with Gasteiger partial charge in [-0.05, 0) is 6.42 Å². The van der Waals surface area contributed by atoms with E-state index < -0.39 is 0 Å². The maximum absolute atomic E-state index is 6.25. The second kappa shape index (κ2) is 6.21. The predicted molar refractivity (Wildman–Crippen MR) is 75.1 cm³/mol. The van der Waals surface area contributed by atoms with E-state index in [2.05, 4.69) is 41.8 Å². The minimum absolute atomic E-state index is 0.00968. The van der Waals surface area contributed by atoms with Gasteiger partial charge in [-0.15, -0.1) is 0 Å². The number of hydrogen-bond acceptors (Lipinski definition) is 2. The molecule has 1 aromatic heterocycles. The van der Waals surface area contributed by atoms with Gasteiger partial charge in [-0.1, -0.05) is 48.3 Å². The van der Waals surface area contributed by atoms with Crippen molar-refractivity contribution in [1.82, 2.24) is 9.78 Å². The fraction of sp³-hybridized carbons (Fsp3) is 0.750. The number of aromatic nitrogens is 2. The highest BCUT2D eigenvalue weighted by molar-refractivity contribution is 9.09. The quantitative estimate of drug-likeness (QED) is 0.747. The van der Waals surface area contributed by atoms with Crippen molar-refractivity contribution >= 4 is 27.5 Å². The van der Waals surface area contributed by atoms with Crippen LogP contribution in [0.2, 0.25) is 5.02 Å². The van der Waals surface area contributed by atoms with Crippen molar-refractivity contribution in [1.29, 1.82) is 0 Å². The third-order valence-electron chi connectivity index (χ3n) is 2.73. The van der Waals surface area contributed by atoms with Crippen molar-refractivity contribution in [3.8, 4) is 0 Å². The van der Waals surface area contributed by atoms with Crippen LogP contribution in [0.5, 0.6) is 0 Å². The zero-order chi connectivity index (χ0) is 13.1. The molecule has 98 valence electrons. The maximum Gasteiger partial charge on any atom is 0.0823 e. The Morgan fingerprint density at radius 1 is 1.59 bits per heavy atom. The summed E-state index contributed by atoms with van der Waals surface area (Å²) in [6.45, 7) is 7.91. The Hall–Kier alpha value is -0.0600. The molecule has 0 aliphatic rings. The summed E-state index contributed by atoms with van der Waals surface area (Å²) in [6.07, 6.45) is 2.72. The van der Waals surface area contributed by atoms with E-state index in [0.29, 0.717) is 11.4 Å². The summed E-state index contributed by atoms with van der Waals surface area (Å²) >= 11 is 9.85. The predicted octanol–water partition coefficient (Wildman–Crippen LogP) is 3.63. The van der Waals surface area contributed by atoms with Gasteiger partial charge in [0.1, 0.15) is 0 Å². The molecule has 0 N–H and O–H groups in total. The van der Waals surface area contributed by atoms with E-state index in [1.54, 1.807) is 13.3 Å². The number of rotatable bonds is 6. The number of ether oxygens (including phenoxy) is 1. The Balaban J connectivity index is 2.97. The Bertz CT molecular complexity index is 363. The van der Waals surface area contributed by atoms with Crippen LogP contribution in [0.25, 0.3) is 0 Å². The van der Waals surface area contributed by atoms with Crippen LogP contribution in [0.1, 0.15) is 32.9 Å². The number of hydrogen-bond donors (Lipinski definition) is 0. The van der Waals surface area contributed by atoms with Gasteiger partial charge in [0.15, 0.2) is 0 Å². The fourth-order valence-electron chi connectivity index (χ4n) is 2.18. The molecule has 1 heterocycles. The summed E-state index contributed by atoms with van der Waals surface area (Å²) in [5.41, 5.74) is 1.08. The first-order chi connectivity index (χ1) is 7.88. The van der Waals surface area contributed by atoms with Crippen molar-refractivity contribution in [3.05, 3.63) is 16.9 Å². The number of halogens is 2. The standard InChI is InChI=1S/C12H20BrClN2O/c1-9(13)7-12(2,3)11-10(14)8-15-16(11)5-6-17-4/h8-9H,5-7H2,1-4H3. The normalized spacial score (nSPS) is 14.0. The van der Waals surface area contributed by atoms with E-state index in [1.165, 1.54) is 0 Å². The first-order valence-electron chi connectivity index (χ1n) is 5.73. The summed E-state index contributed by atoms with van der Waals surface area (Å²) in [4.78, 5) is 0.444. The maximum atomic E-state index is 6.25. The molecular formula is C12H20BrClN2O. The van der Waals surface area contributed by atoms with Crippen LogP contribution in [0, 0.1) is 0 Å². The summed E-state index contributed by atoms with van der Waals surface area (Å²) in [6, 6.07) is 0. The smallest absolute Gasteiger partial charge is 0.0823 e. The van der Waals surface area contributed by atoms with Crippen molar-refractivity contribution in [2.45, 2.75) is 44.0 Å². The van der Waals surface area contributed by atoms with Crippen molar-refractivity contribution in [2.24, 2.45) is 0 Å². The Kier molecular flexibility index (Phi) is 5.48. The molecule has 0 saturated heterocycles. The van der Waals surface area contributed by atoms with Crippen molar-refractivity contribution < 1.29 is 4.74 Å². The average Bonchev–Trinajstić information content (AvgIpc) is 2.55. The summed E-state index contributed by atoms with van der Waals surface area (Å²) in [7, 11) is 1.69. The van der Waals surface area contributed by atoms with Crippen LogP contribution >= 0.6 is 27.5 Å². The molecule has 0 spiro atoms. The van der Waals surface area contributed by atoms with Crippen LogP contribution in [-0.4, -0.2) is 28.3 Å². The monoisotopic (exact) mass is 322 g/mol. The number of methoxy groups -OCH3 is 1. The van der Waals surface area contributed by atoms with E-state index in [9.17, 15) is 0 Å². The minimum Gasteiger partial charge on any atom is -0.383 e. The first-order valence-corrected chi connectivity index (χ1v) is 7.02. The molecular weight excluding hydrogens is 304 g/mol. The Morgan fingerprint density at radius 3 is 2.76 bits per heavy atom. The third kappa shape index (κ3) is 3.97. The lowest BCUT2D eigenvalue weighted by Gasteiger charge is -2.27. The fourth-order valence-corrected chi connectivity index (χ4v) is 3.39. The molecule has 1 unspecified atom stereocenters. The molecule has 0 radical (unpaired) electrons. The summed E-state index contributed by atoms with van der Waals surface area (Å²) in [5, 5.41) is 5.05. The summed E-state index contributed by atoms with van der Waals surface area (Å²) < 4.78 is 7.04. The lowest BCUT2D eigenvalue weighted by molar-refractivity contribution is 0.180. The zero-order valence-electron chi connectivity index (χ0n) is 10.8. The molecule has 0 aromatic carbocycles. The molecule has 0 amide bonds. The summed E-state index contributed by atoms with van der Waals surface area (Å²) in [5.74, 6) is 0. The highest BCUT2D eigenvalue weighted by atomic mass is 79.9. The lowest BCUT2D eigenvalue weighted by Crippen LogP contribution is -2.26. The molecule has 0 aliphatic heterocycles. The second-order valence-electron chi connectivity index (χ2n) is 4.93. The van der Waals surface area contributed by atoms with Gasteiger partial charge in [0, 0.05) is 17.4 Å². The van der Waals surface area contributed by atoms with Crippen LogP contribution in [0.3, 0.4) is 0 Å². The molecule has 0 aliphatic carbocycles. The van der Waals surface area contributed by atoms with Crippen molar-refractivity contribution in [2.75, 3.05) is 13.7 Å². The van der Waals surface area contributed by atoms with E-state index >= 15 is 0 Å². The highest BCUT2D eigenvalue weighted by Gasteiger charge is 2.29. The molecule has 5 heteroatoms. The van der Waals surface area contributed by atoms with Gasteiger partial charge in [-0.2, -0.15) is 5.10 Å². The van der Waals surface area contributed by atoms with Gasteiger partial charge in [-0.25, -0.2) is 0 Å². The van der Waals surface area contributed by atoms with Gasteiger partial charge >= 0.3 is 0 Å².